The molecule has 0 bridgehead atoms. The summed E-state index contributed by atoms with van der Waals surface area (Å²) in [5, 5.41) is 3.42. The molecule has 0 fully saturated rings. The number of benzene rings is 2. The molecule has 0 spiro atoms. The Morgan fingerprint density at radius 2 is 1.84 bits per heavy atom. The van der Waals surface area contributed by atoms with E-state index in [2.05, 4.69) is 15.3 Å². The zero-order valence-electron chi connectivity index (χ0n) is 18.3. The number of nitrogens with one attached hydrogen (secondary N) is 2. The van der Waals surface area contributed by atoms with Crippen LogP contribution in [0.25, 0.3) is 10.9 Å². The van der Waals surface area contributed by atoms with Crippen LogP contribution in [0.3, 0.4) is 0 Å². The molecule has 1 atom stereocenters. The number of ether oxygens (including phenoxy) is 2. The van der Waals surface area contributed by atoms with Crippen LogP contribution in [0, 0.1) is 0 Å². The summed E-state index contributed by atoms with van der Waals surface area (Å²) in [4.78, 5) is 34.1. The van der Waals surface area contributed by atoms with Gasteiger partial charge < -0.3 is 19.8 Å². The Kier molecular flexibility index (Phi) is 7.25. The molecule has 1 aromatic heterocycles. The van der Waals surface area contributed by atoms with Gasteiger partial charge >= 0.3 is 0 Å². The molecule has 8 heteroatoms. The van der Waals surface area contributed by atoms with Crippen LogP contribution in [0.2, 0.25) is 0 Å². The average Bonchev–Trinajstić information content (AvgIpc) is 2.75. The first kappa shape index (κ1) is 22.3. The van der Waals surface area contributed by atoms with Crippen LogP contribution in [0.5, 0.6) is 11.5 Å². The third-order valence-corrected chi connectivity index (χ3v) is 4.91. The molecule has 0 unspecified atom stereocenters. The van der Waals surface area contributed by atoms with Gasteiger partial charge in [0.1, 0.15) is 5.82 Å². The van der Waals surface area contributed by atoms with Crippen molar-refractivity contribution < 1.29 is 14.3 Å². The maximum atomic E-state index is 12.6. The Hall–Kier alpha value is -3.39. The smallest absolute Gasteiger partial charge is 0.258 e. The number of nitrogens with zero attached hydrogens (tertiary/aromatic N) is 2. The Morgan fingerprint density at radius 1 is 1.13 bits per heavy atom. The minimum Gasteiger partial charge on any atom is -0.490 e. The molecule has 0 aliphatic rings. The van der Waals surface area contributed by atoms with Crippen LogP contribution in [0.1, 0.15) is 32.6 Å². The van der Waals surface area contributed by atoms with Crippen molar-refractivity contribution in [3.63, 3.8) is 0 Å². The lowest BCUT2D eigenvalue weighted by Gasteiger charge is -2.23. The number of likely N-dealkylation sites (N-methyl/N-ethyl adjacent to an activating group) is 1. The molecular formula is C23H28N4O4. The van der Waals surface area contributed by atoms with Crippen molar-refractivity contribution >= 4 is 22.5 Å². The summed E-state index contributed by atoms with van der Waals surface area (Å²) in [6.45, 7) is 6.83. The number of fused-ring (bicyclic) bond motifs is 1. The van der Waals surface area contributed by atoms with E-state index in [4.69, 9.17) is 9.47 Å². The van der Waals surface area contributed by atoms with Gasteiger partial charge in [0.15, 0.2) is 11.5 Å². The van der Waals surface area contributed by atoms with E-state index < -0.39 is 0 Å². The fourth-order valence-corrected chi connectivity index (χ4v) is 3.20. The van der Waals surface area contributed by atoms with E-state index >= 15 is 0 Å². The molecule has 8 nitrogen and oxygen atoms in total. The molecule has 2 N–H and O–H groups in total. The van der Waals surface area contributed by atoms with Gasteiger partial charge in [-0.15, -0.1) is 0 Å². The summed E-state index contributed by atoms with van der Waals surface area (Å²) in [5.41, 5.74) is 1.06. The number of carbonyl (C=O) groups excluding carboxylic acids is 1. The second-order valence-corrected chi connectivity index (χ2v) is 7.14. The number of H-pyrrole nitrogens is 1. The van der Waals surface area contributed by atoms with Crippen molar-refractivity contribution in [2.24, 2.45) is 0 Å². The fourth-order valence-electron chi connectivity index (χ4n) is 3.20. The van der Waals surface area contributed by atoms with Crippen molar-refractivity contribution in [3.05, 3.63) is 58.6 Å². The molecule has 1 amide bonds. The zero-order chi connectivity index (χ0) is 22.4. The van der Waals surface area contributed by atoms with Crippen molar-refractivity contribution in [1.82, 2.24) is 14.9 Å². The number of aromatic amines is 1. The lowest BCUT2D eigenvalue weighted by Crippen LogP contribution is -2.33. The van der Waals surface area contributed by atoms with Gasteiger partial charge in [0.25, 0.3) is 5.56 Å². The van der Waals surface area contributed by atoms with Gasteiger partial charge in [-0.2, -0.15) is 0 Å². The van der Waals surface area contributed by atoms with Crippen LogP contribution in [-0.4, -0.2) is 47.6 Å². The Morgan fingerprint density at radius 3 is 2.58 bits per heavy atom. The summed E-state index contributed by atoms with van der Waals surface area (Å²) in [6, 6.07) is 12.2. The van der Waals surface area contributed by atoms with E-state index in [0.29, 0.717) is 47.1 Å². The van der Waals surface area contributed by atoms with Crippen LogP contribution < -0.4 is 20.3 Å². The van der Waals surface area contributed by atoms with E-state index in [-0.39, 0.29) is 24.1 Å². The monoisotopic (exact) mass is 424 g/mol. The molecule has 0 aliphatic carbocycles. The van der Waals surface area contributed by atoms with Gasteiger partial charge in [0.05, 0.1) is 36.7 Å². The highest BCUT2D eigenvalue weighted by Crippen LogP contribution is 2.30. The molecular weight excluding hydrogens is 396 g/mol. The van der Waals surface area contributed by atoms with Gasteiger partial charge in [-0.3, -0.25) is 14.5 Å². The summed E-state index contributed by atoms with van der Waals surface area (Å²) in [6.07, 6.45) is 0. The SMILES string of the molecule is CCOc1ccc(NC(=O)CN(C)[C@@H](C)c2nc3ccccc3c(=O)[nH]2)cc1OCC. The van der Waals surface area contributed by atoms with Gasteiger partial charge in [-0.1, -0.05) is 12.1 Å². The van der Waals surface area contributed by atoms with Crippen molar-refractivity contribution in [1.29, 1.82) is 0 Å². The van der Waals surface area contributed by atoms with Gasteiger partial charge in [-0.25, -0.2) is 4.98 Å². The Bertz CT molecular complexity index is 1110. The highest BCUT2D eigenvalue weighted by molar-refractivity contribution is 5.92. The number of amides is 1. The molecule has 0 radical (unpaired) electrons. The highest BCUT2D eigenvalue weighted by Gasteiger charge is 2.18. The van der Waals surface area contributed by atoms with Crippen LogP contribution in [-0.2, 0) is 4.79 Å². The Labute approximate surface area is 181 Å². The molecule has 0 saturated heterocycles. The number of para-hydroxylation sites is 1. The maximum absolute atomic E-state index is 12.6. The molecule has 0 saturated carbocycles. The summed E-state index contributed by atoms with van der Waals surface area (Å²) < 4.78 is 11.2. The first-order chi connectivity index (χ1) is 14.9. The zero-order valence-corrected chi connectivity index (χ0v) is 18.3. The van der Waals surface area contributed by atoms with E-state index in [1.807, 2.05) is 38.8 Å². The number of hydrogen-bond acceptors (Lipinski definition) is 6. The lowest BCUT2D eigenvalue weighted by atomic mass is 10.2. The molecule has 0 aliphatic heterocycles. The van der Waals surface area contributed by atoms with Crippen LogP contribution in [0.4, 0.5) is 5.69 Å². The first-order valence-electron chi connectivity index (χ1n) is 10.3. The molecule has 2 aromatic carbocycles. The van der Waals surface area contributed by atoms with E-state index in [9.17, 15) is 9.59 Å². The first-order valence-corrected chi connectivity index (χ1v) is 10.3. The predicted octanol–water partition coefficient (Wildman–Crippen LogP) is 3.35. The Balaban J connectivity index is 1.69. The second kappa shape index (κ2) is 10.1. The van der Waals surface area contributed by atoms with Gasteiger partial charge in [0, 0.05) is 11.8 Å². The number of rotatable bonds is 9. The fraction of sp³-hybridized carbons (Fsp3) is 0.348. The highest BCUT2D eigenvalue weighted by atomic mass is 16.5. The third kappa shape index (κ3) is 5.40. The van der Waals surface area contributed by atoms with Gasteiger partial charge in [-0.05, 0) is 52.1 Å². The second-order valence-electron chi connectivity index (χ2n) is 7.14. The summed E-state index contributed by atoms with van der Waals surface area (Å²) in [5.74, 6) is 1.55. The van der Waals surface area contributed by atoms with Crippen LogP contribution >= 0.6 is 0 Å². The number of aromatic nitrogens is 2. The summed E-state index contributed by atoms with van der Waals surface area (Å²) >= 11 is 0. The summed E-state index contributed by atoms with van der Waals surface area (Å²) in [7, 11) is 1.81. The molecule has 3 rings (SSSR count). The van der Waals surface area contributed by atoms with E-state index in [0.717, 1.165) is 0 Å². The lowest BCUT2D eigenvalue weighted by molar-refractivity contribution is -0.117. The quantitative estimate of drug-likeness (QED) is 0.547. The number of hydrogen-bond donors (Lipinski definition) is 2. The van der Waals surface area contributed by atoms with Crippen molar-refractivity contribution in [3.8, 4) is 11.5 Å². The van der Waals surface area contributed by atoms with Crippen LogP contribution in [0.15, 0.2) is 47.3 Å². The number of anilines is 1. The predicted molar refractivity (Wildman–Crippen MR) is 121 cm³/mol. The van der Waals surface area contributed by atoms with Gasteiger partial charge in [0.2, 0.25) is 5.91 Å². The van der Waals surface area contributed by atoms with E-state index in [1.165, 1.54) is 0 Å². The topological polar surface area (TPSA) is 96.5 Å². The minimum atomic E-state index is -0.262. The van der Waals surface area contributed by atoms with Crippen molar-refractivity contribution in [2.75, 3.05) is 32.1 Å². The largest absolute Gasteiger partial charge is 0.490 e. The minimum absolute atomic E-state index is 0.120. The van der Waals surface area contributed by atoms with E-state index in [1.54, 1.807) is 36.4 Å². The molecule has 31 heavy (non-hydrogen) atoms. The average molecular weight is 425 g/mol. The maximum Gasteiger partial charge on any atom is 0.258 e. The molecule has 1 heterocycles. The molecule has 164 valence electrons. The van der Waals surface area contributed by atoms with Crippen molar-refractivity contribution in [2.45, 2.75) is 26.8 Å². The number of carbonyl (C=O) groups is 1. The normalized spacial score (nSPS) is 12.0. The molecule has 3 aromatic rings. The standard InChI is InChI=1S/C23H28N4O4/c1-5-30-19-12-11-16(13-20(19)31-6-2)24-21(28)14-27(4)15(3)22-25-18-10-8-7-9-17(18)23(29)26-22/h7-13,15H,5-6,14H2,1-4H3,(H,24,28)(H,25,26,29)/t15-/m0/s1. The third-order valence-electron chi connectivity index (χ3n) is 4.91.